The number of hydrogen-bond donors (Lipinski definition) is 1. The first kappa shape index (κ1) is 11.9. The standard InChI is InChI=1S/C14H13N3OS/c1-9-3-6-13(17-8-15-16-14(17)19)12-7-10(18-2)4-5-11(9)12/h3-8H,1-2H3,(H,16,19). The molecule has 0 atom stereocenters. The number of hydrogen-bond acceptors (Lipinski definition) is 3. The Kier molecular flexibility index (Phi) is 2.83. The molecule has 19 heavy (non-hydrogen) atoms. The number of nitrogens with one attached hydrogen (secondary N) is 1. The van der Waals surface area contributed by atoms with Crippen molar-refractivity contribution < 1.29 is 4.74 Å². The molecule has 3 aromatic rings. The van der Waals surface area contributed by atoms with Crippen LogP contribution in [0.25, 0.3) is 16.5 Å². The van der Waals surface area contributed by atoms with Crippen molar-refractivity contribution in [2.45, 2.75) is 6.92 Å². The highest BCUT2D eigenvalue weighted by molar-refractivity contribution is 7.71. The van der Waals surface area contributed by atoms with E-state index in [1.165, 1.54) is 10.9 Å². The molecule has 96 valence electrons. The van der Waals surface area contributed by atoms with Crippen LogP contribution in [0.5, 0.6) is 5.75 Å². The van der Waals surface area contributed by atoms with Crippen LogP contribution < -0.4 is 4.74 Å². The minimum absolute atomic E-state index is 0.577. The SMILES string of the molecule is COc1ccc2c(C)ccc(-n3cn[nH]c3=S)c2c1. The zero-order chi connectivity index (χ0) is 13.4. The topological polar surface area (TPSA) is 42.8 Å². The number of ether oxygens (including phenoxy) is 1. The van der Waals surface area contributed by atoms with Gasteiger partial charge in [0.15, 0.2) is 4.77 Å². The summed E-state index contributed by atoms with van der Waals surface area (Å²) in [5.41, 5.74) is 2.22. The molecular weight excluding hydrogens is 258 g/mol. The Hall–Kier alpha value is -2.14. The number of rotatable bonds is 2. The normalized spacial score (nSPS) is 10.8. The number of H-pyrrole nitrogens is 1. The minimum atomic E-state index is 0.577. The third-order valence-electron chi connectivity index (χ3n) is 3.23. The molecule has 4 nitrogen and oxygen atoms in total. The van der Waals surface area contributed by atoms with Crippen molar-refractivity contribution in [2.24, 2.45) is 0 Å². The van der Waals surface area contributed by atoms with Gasteiger partial charge in [0.2, 0.25) is 0 Å². The minimum Gasteiger partial charge on any atom is -0.497 e. The lowest BCUT2D eigenvalue weighted by molar-refractivity contribution is 0.415. The van der Waals surface area contributed by atoms with Crippen LogP contribution in [0, 0.1) is 11.7 Å². The maximum absolute atomic E-state index is 5.31. The van der Waals surface area contributed by atoms with Gasteiger partial charge in [-0.1, -0.05) is 12.1 Å². The van der Waals surface area contributed by atoms with Crippen molar-refractivity contribution in [3.05, 3.63) is 47.0 Å². The lowest BCUT2D eigenvalue weighted by atomic mass is 10.0. The van der Waals surface area contributed by atoms with Crippen molar-refractivity contribution in [3.63, 3.8) is 0 Å². The average Bonchev–Trinajstić information content (AvgIpc) is 2.85. The molecule has 0 fully saturated rings. The molecule has 0 unspecified atom stereocenters. The van der Waals surface area contributed by atoms with E-state index in [2.05, 4.69) is 29.3 Å². The second kappa shape index (κ2) is 4.51. The highest BCUT2D eigenvalue weighted by Gasteiger charge is 2.08. The Morgan fingerprint density at radius 2 is 2.05 bits per heavy atom. The van der Waals surface area contributed by atoms with E-state index in [0.29, 0.717) is 4.77 Å². The van der Waals surface area contributed by atoms with Gasteiger partial charge >= 0.3 is 0 Å². The number of aromatic nitrogens is 3. The molecule has 0 aliphatic heterocycles. The van der Waals surface area contributed by atoms with Crippen LogP contribution >= 0.6 is 12.2 Å². The van der Waals surface area contributed by atoms with Crippen LogP contribution in [0.2, 0.25) is 0 Å². The predicted molar refractivity (Wildman–Crippen MR) is 77.5 cm³/mol. The molecule has 0 aliphatic carbocycles. The predicted octanol–water partition coefficient (Wildman–Crippen LogP) is 3.40. The Morgan fingerprint density at radius 1 is 1.21 bits per heavy atom. The van der Waals surface area contributed by atoms with E-state index in [1.54, 1.807) is 13.4 Å². The Morgan fingerprint density at radius 3 is 2.74 bits per heavy atom. The molecule has 1 aromatic heterocycles. The molecule has 1 heterocycles. The summed E-state index contributed by atoms with van der Waals surface area (Å²) in [6.07, 6.45) is 1.69. The summed E-state index contributed by atoms with van der Waals surface area (Å²) in [4.78, 5) is 0. The molecule has 0 saturated heterocycles. The smallest absolute Gasteiger partial charge is 0.199 e. The monoisotopic (exact) mass is 271 g/mol. The van der Waals surface area contributed by atoms with Gasteiger partial charge in [-0.3, -0.25) is 9.67 Å². The average molecular weight is 271 g/mol. The molecule has 0 amide bonds. The first-order chi connectivity index (χ1) is 9.20. The third-order valence-corrected chi connectivity index (χ3v) is 3.52. The van der Waals surface area contributed by atoms with Crippen LogP contribution in [0.3, 0.4) is 0 Å². The molecule has 3 rings (SSSR count). The van der Waals surface area contributed by atoms with E-state index in [1.807, 2.05) is 22.8 Å². The van der Waals surface area contributed by atoms with Gasteiger partial charge in [-0.2, -0.15) is 5.10 Å². The maximum Gasteiger partial charge on any atom is 0.199 e. The number of benzene rings is 2. The van der Waals surface area contributed by atoms with Gasteiger partial charge < -0.3 is 4.74 Å². The summed E-state index contributed by atoms with van der Waals surface area (Å²) in [6.45, 7) is 2.09. The van der Waals surface area contributed by atoms with E-state index >= 15 is 0 Å². The first-order valence-electron chi connectivity index (χ1n) is 5.90. The molecule has 0 bridgehead atoms. The Balaban J connectivity index is 2.39. The van der Waals surface area contributed by atoms with Gasteiger partial charge in [0.25, 0.3) is 0 Å². The Bertz CT molecular complexity index is 804. The van der Waals surface area contributed by atoms with Gasteiger partial charge in [-0.25, -0.2) is 0 Å². The Labute approximate surface area is 115 Å². The number of aryl methyl sites for hydroxylation is 1. The lowest BCUT2D eigenvalue weighted by Gasteiger charge is -2.10. The van der Waals surface area contributed by atoms with Crippen LogP contribution in [0.4, 0.5) is 0 Å². The van der Waals surface area contributed by atoms with Crippen molar-refractivity contribution >= 4 is 23.0 Å². The lowest BCUT2D eigenvalue weighted by Crippen LogP contribution is -1.95. The van der Waals surface area contributed by atoms with Crippen molar-refractivity contribution in [3.8, 4) is 11.4 Å². The van der Waals surface area contributed by atoms with Crippen LogP contribution in [0.15, 0.2) is 36.7 Å². The molecule has 2 aromatic carbocycles. The zero-order valence-corrected chi connectivity index (χ0v) is 11.5. The summed E-state index contributed by atoms with van der Waals surface area (Å²) in [7, 11) is 1.67. The maximum atomic E-state index is 5.31. The quantitative estimate of drug-likeness (QED) is 0.726. The van der Waals surface area contributed by atoms with Crippen molar-refractivity contribution in [2.75, 3.05) is 7.11 Å². The highest BCUT2D eigenvalue weighted by atomic mass is 32.1. The van der Waals surface area contributed by atoms with Gasteiger partial charge in [-0.15, -0.1) is 0 Å². The summed E-state index contributed by atoms with van der Waals surface area (Å²) in [5.74, 6) is 0.828. The third kappa shape index (κ3) is 1.92. The van der Waals surface area contributed by atoms with E-state index in [4.69, 9.17) is 17.0 Å². The van der Waals surface area contributed by atoms with Gasteiger partial charge in [0, 0.05) is 5.39 Å². The summed E-state index contributed by atoms with van der Waals surface area (Å²) in [5, 5.41) is 9.02. The van der Waals surface area contributed by atoms with Gasteiger partial charge in [-0.05, 0) is 48.3 Å². The van der Waals surface area contributed by atoms with E-state index in [-0.39, 0.29) is 0 Å². The van der Waals surface area contributed by atoms with E-state index in [9.17, 15) is 0 Å². The fraction of sp³-hybridized carbons (Fsp3) is 0.143. The molecule has 0 spiro atoms. The zero-order valence-electron chi connectivity index (χ0n) is 10.7. The summed E-state index contributed by atoms with van der Waals surface area (Å²) < 4.78 is 7.74. The molecule has 0 aliphatic rings. The summed E-state index contributed by atoms with van der Waals surface area (Å²) >= 11 is 5.24. The summed E-state index contributed by atoms with van der Waals surface area (Å²) in [6, 6.07) is 10.2. The number of nitrogens with zero attached hydrogens (tertiary/aromatic N) is 2. The number of fused-ring (bicyclic) bond motifs is 1. The highest BCUT2D eigenvalue weighted by Crippen LogP contribution is 2.29. The van der Waals surface area contributed by atoms with Gasteiger partial charge in [0.05, 0.1) is 12.8 Å². The van der Waals surface area contributed by atoms with Crippen LogP contribution in [-0.4, -0.2) is 21.9 Å². The van der Waals surface area contributed by atoms with Gasteiger partial charge in [0.1, 0.15) is 12.1 Å². The second-order valence-corrected chi connectivity index (χ2v) is 4.73. The van der Waals surface area contributed by atoms with Crippen molar-refractivity contribution in [1.29, 1.82) is 0 Å². The number of aromatic amines is 1. The first-order valence-corrected chi connectivity index (χ1v) is 6.31. The molecule has 0 radical (unpaired) electrons. The second-order valence-electron chi connectivity index (χ2n) is 4.34. The molecule has 1 N–H and O–H groups in total. The fourth-order valence-corrected chi connectivity index (χ4v) is 2.42. The van der Waals surface area contributed by atoms with Crippen LogP contribution in [0.1, 0.15) is 5.56 Å². The van der Waals surface area contributed by atoms with E-state index < -0.39 is 0 Å². The molecule has 0 saturated carbocycles. The molecule has 5 heteroatoms. The van der Waals surface area contributed by atoms with Crippen LogP contribution in [-0.2, 0) is 0 Å². The molecular formula is C14H13N3OS. The number of methoxy groups -OCH3 is 1. The largest absolute Gasteiger partial charge is 0.497 e. The van der Waals surface area contributed by atoms with Crippen molar-refractivity contribution in [1.82, 2.24) is 14.8 Å². The fourth-order valence-electron chi connectivity index (χ4n) is 2.22. The van der Waals surface area contributed by atoms with E-state index in [0.717, 1.165) is 16.8 Å².